The fourth-order valence-electron chi connectivity index (χ4n) is 7.65. The number of aromatic nitrogens is 4. The highest BCUT2D eigenvalue weighted by atomic mass is 16.1. The van der Waals surface area contributed by atoms with Crippen molar-refractivity contribution < 1.29 is 9.59 Å². The molecule has 0 bridgehead atoms. The number of tetrazole rings is 1. The van der Waals surface area contributed by atoms with Crippen LogP contribution in [0, 0.1) is 22.7 Å². The first-order chi connectivity index (χ1) is 19.7. The number of nitrogens with one attached hydrogen (secondary N) is 3. The highest BCUT2D eigenvalue weighted by Gasteiger charge is 2.84. The van der Waals surface area contributed by atoms with Crippen LogP contribution in [0.2, 0.25) is 0 Å². The summed E-state index contributed by atoms with van der Waals surface area (Å²) in [5.74, 6) is 0.488. The van der Waals surface area contributed by atoms with Gasteiger partial charge in [0, 0.05) is 42.5 Å². The fourth-order valence-corrected chi connectivity index (χ4v) is 7.65. The number of carbonyl (C=O) groups excluding carboxylic acids is 2. The summed E-state index contributed by atoms with van der Waals surface area (Å²) < 4.78 is 0. The van der Waals surface area contributed by atoms with Crippen LogP contribution in [0.4, 0.5) is 0 Å². The zero-order valence-corrected chi connectivity index (χ0v) is 22.9. The largest absolute Gasteiger partial charge is 0.366 e. The van der Waals surface area contributed by atoms with E-state index in [4.69, 9.17) is 5.73 Å². The Hall–Kier alpha value is -4.56. The van der Waals surface area contributed by atoms with E-state index in [-0.39, 0.29) is 18.0 Å². The second-order valence-electron chi connectivity index (χ2n) is 11.9. The van der Waals surface area contributed by atoms with Crippen LogP contribution in [0.15, 0.2) is 48.7 Å². The molecule has 0 radical (unpaired) electrons. The molecule has 1 spiro atoms. The van der Waals surface area contributed by atoms with Crippen molar-refractivity contribution in [1.29, 1.82) is 5.26 Å². The number of nitrogens with zero attached hydrogens (tertiary/aromatic N) is 5. The van der Waals surface area contributed by atoms with Crippen molar-refractivity contribution in [3.8, 4) is 17.2 Å². The summed E-state index contributed by atoms with van der Waals surface area (Å²) >= 11 is 0. The van der Waals surface area contributed by atoms with Gasteiger partial charge in [-0.25, -0.2) is 0 Å². The Morgan fingerprint density at radius 3 is 2.54 bits per heavy atom. The predicted octanol–water partition coefficient (Wildman–Crippen LogP) is 1.84. The van der Waals surface area contributed by atoms with E-state index in [9.17, 15) is 14.9 Å². The third kappa shape index (κ3) is 3.50. The Balaban J connectivity index is 1.24. The Bertz CT molecular complexity index is 1660. The van der Waals surface area contributed by atoms with Crippen molar-refractivity contribution in [3.63, 3.8) is 0 Å². The molecule has 2 amide bonds. The van der Waals surface area contributed by atoms with Gasteiger partial charge >= 0.3 is 0 Å². The molecule has 3 aromatic rings. The summed E-state index contributed by atoms with van der Waals surface area (Å²) in [6.45, 7) is 7.01. The smallest absolute Gasteiger partial charge is 0.251 e. The summed E-state index contributed by atoms with van der Waals surface area (Å²) in [7, 11) is 1.59. The first-order valence-corrected chi connectivity index (χ1v) is 13.9. The highest BCUT2D eigenvalue weighted by Crippen LogP contribution is 2.83. The number of benzene rings is 2. The molecular weight excluding hydrogens is 518 g/mol. The number of likely N-dealkylation sites (tertiary alicyclic amines) is 1. The molecule has 208 valence electrons. The van der Waals surface area contributed by atoms with Crippen LogP contribution < -0.4 is 16.4 Å². The third-order valence-electron chi connectivity index (χ3n) is 9.78. The van der Waals surface area contributed by atoms with Crippen molar-refractivity contribution in [3.05, 3.63) is 76.8 Å². The van der Waals surface area contributed by atoms with Crippen LogP contribution in [0.25, 0.3) is 11.1 Å². The zero-order chi connectivity index (χ0) is 28.7. The maximum Gasteiger partial charge on any atom is 0.251 e. The molecule has 41 heavy (non-hydrogen) atoms. The molecule has 2 heterocycles. The monoisotopic (exact) mass is 549 g/mol. The molecule has 6 atom stereocenters. The highest BCUT2D eigenvalue weighted by molar-refractivity contribution is 5.99. The van der Waals surface area contributed by atoms with Crippen LogP contribution in [0.3, 0.4) is 0 Å². The van der Waals surface area contributed by atoms with E-state index < -0.39 is 11.3 Å². The molecule has 1 aromatic heterocycles. The Morgan fingerprint density at radius 1 is 1.22 bits per heavy atom. The van der Waals surface area contributed by atoms with E-state index in [1.165, 1.54) is 6.42 Å². The number of hydrogen-bond donors (Lipinski definition) is 4. The van der Waals surface area contributed by atoms with Crippen molar-refractivity contribution in [1.82, 2.24) is 36.2 Å². The van der Waals surface area contributed by atoms with Gasteiger partial charge in [-0.15, -0.1) is 10.2 Å². The topological polar surface area (TPSA) is 166 Å². The quantitative estimate of drug-likeness (QED) is 0.314. The maximum atomic E-state index is 12.6. The number of fused-ring (bicyclic) bond motifs is 4. The maximum absolute atomic E-state index is 12.6. The first-order valence-electron chi connectivity index (χ1n) is 13.9. The minimum Gasteiger partial charge on any atom is -0.366 e. The van der Waals surface area contributed by atoms with E-state index >= 15 is 0 Å². The molecule has 2 saturated carbocycles. The van der Waals surface area contributed by atoms with Crippen LogP contribution in [-0.4, -0.2) is 69.1 Å². The minimum absolute atomic E-state index is 0.0377. The van der Waals surface area contributed by atoms with Crippen LogP contribution in [0.1, 0.15) is 63.9 Å². The molecular formula is C30H31N9O2. The fraction of sp³-hybridized carbons (Fsp3) is 0.400. The lowest BCUT2D eigenvalue weighted by atomic mass is 9.72. The standard InChI is InChI=1S/C30H31N9O2/c1-15(34-14-16(2)39-19(13-31)11-29-12-24(29)25(29)39)10-30(28-35-37-38-36-28)22-6-4-17(26(32)40)8-20(22)21-9-18(27(41)33-3)5-7-23(21)30/h4-9,15,19,24-25,34H,2,10-12,14H2,1,3H3,(H2,32,40)(H,33,41)(H,35,36,37,38)/t15-,19?,24+,25?,29?,30?/m1/s1. The molecule has 5 N–H and O–H groups in total. The number of nitriles is 1. The van der Waals surface area contributed by atoms with Crippen LogP contribution >= 0.6 is 0 Å². The number of hydrogen-bond acceptors (Lipinski definition) is 8. The average Bonchev–Trinajstić information content (AvgIpc) is 3.58. The third-order valence-corrected chi connectivity index (χ3v) is 9.78. The van der Waals surface area contributed by atoms with Gasteiger partial charge in [-0.1, -0.05) is 23.9 Å². The van der Waals surface area contributed by atoms with E-state index in [0.717, 1.165) is 40.3 Å². The molecule has 11 nitrogen and oxygen atoms in total. The molecule has 3 aliphatic carbocycles. The van der Waals surface area contributed by atoms with E-state index in [0.29, 0.717) is 41.4 Å². The van der Waals surface area contributed by atoms with Crippen molar-refractivity contribution >= 4 is 11.8 Å². The van der Waals surface area contributed by atoms with E-state index in [1.54, 1.807) is 25.2 Å². The molecule has 11 heteroatoms. The van der Waals surface area contributed by atoms with Crippen molar-refractivity contribution in [2.75, 3.05) is 13.6 Å². The number of rotatable bonds is 9. The lowest BCUT2D eigenvalue weighted by molar-refractivity contribution is 0.0961. The zero-order valence-electron chi connectivity index (χ0n) is 22.9. The van der Waals surface area contributed by atoms with Gasteiger partial charge < -0.3 is 21.3 Å². The van der Waals surface area contributed by atoms with Crippen molar-refractivity contribution in [2.24, 2.45) is 17.1 Å². The normalized spacial score (nSPS) is 28.5. The lowest BCUT2D eigenvalue weighted by Gasteiger charge is -2.33. The van der Waals surface area contributed by atoms with Gasteiger partial charge in [0.2, 0.25) is 5.91 Å². The predicted molar refractivity (Wildman–Crippen MR) is 149 cm³/mol. The second-order valence-corrected chi connectivity index (χ2v) is 11.9. The van der Waals surface area contributed by atoms with Crippen molar-refractivity contribution in [2.45, 2.75) is 49.7 Å². The molecule has 7 rings (SSSR count). The van der Waals surface area contributed by atoms with E-state index in [1.807, 2.05) is 18.2 Å². The number of amides is 2. The molecule has 4 unspecified atom stereocenters. The number of piperidine rings is 1. The summed E-state index contributed by atoms with van der Waals surface area (Å²) in [6, 6.07) is 13.8. The van der Waals surface area contributed by atoms with Crippen LogP contribution in [0.5, 0.6) is 0 Å². The number of aromatic amines is 1. The number of H-pyrrole nitrogens is 1. The summed E-state index contributed by atoms with van der Waals surface area (Å²) in [4.78, 5) is 26.9. The SMILES string of the molecule is C=C(CN[C@H](C)CC1(c2nn[nH]n2)c2ccc(C(N)=O)cc2-c2cc(C(=O)NC)ccc21)N1C(C#N)CC23C[C@H]2C13. The summed E-state index contributed by atoms with van der Waals surface area (Å²) in [5, 5.41) is 31.5. The number of primary amides is 1. The minimum atomic E-state index is -0.812. The molecule has 2 aromatic carbocycles. The second kappa shape index (κ2) is 8.72. The Labute approximate surface area is 237 Å². The Kier molecular flexibility index (Phi) is 5.40. The van der Waals surface area contributed by atoms with Gasteiger partial charge in [-0.2, -0.15) is 10.5 Å². The average molecular weight is 550 g/mol. The molecule has 1 aliphatic heterocycles. The first kappa shape index (κ1) is 25.4. The molecule has 4 aliphatic rings. The van der Waals surface area contributed by atoms with Gasteiger partial charge in [-0.3, -0.25) is 9.59 Å². The van der Waals surface area contributed by atoms with Gasteiger partial charge in [-0.05, 0) is 84.0 Å². The number of carbonyl (C=O) groups is 2. The number of nitrogens with two attached hydrogens (primary N) is 1. The molecule has 1 saturated heterocycles. The van der Waals surface area contributed by atoms with Gasteiger partial charge in [0.15, 0.2) is 5.82 Å². The van der Waals surface area contributed by atoms with Gasteiger partial charge in [0.25, 0.3) is 5.91 Å². The van der Waals surface area contributed by atoms with Gasteiger partial charge in [0.05, 0.1) is 11.5 Å². The lowest BCUT2D eigenvalue weighted by Crippen LogP contribution is -2.42. The Morgan fingerprint density at radius 2 is 1.93 bits per heavy atom. The van der Waals surface area contributed by atoms with Gasteiger partial charge in [0.1, 0.15) is 6.04 Å². The summed E-state index contributed by atoms with van der Waals surface area (Å²) in [6.07, 6.45) is 2.76. The van der Waals surface area contributed by atoms with Crippen LogP contribution in [-0.2, 0) is 5.41 Å². The summed E-state index contributed by atoms with van der Waals surface area (Å²) in [5.41, 5.74) is 10.5. The molecule has 3 fully saturated rings. The van der Waals surface area contributed by atoms with E-state index in [2.05, 4.69) is 55.7 Å².